The van der Waals surface area contributed by atoms with Crippen molar-refractivity contribution in [2.24, 2.45) is 5.73 Å². The maximum absolute atomic E-state index is 5.73. The molecular weight excluding hydrogens is 266 g/mol. The van der Waals surface area contributed by atoms with E-state index in [1.807, 2.05) is 6.07 Å². The molecule has 2 aromatic rings. The molecule has 0 aliphatic carbocycles. The van der Waals surface area contributed by atoms with Crippen molar-refractivity contribution >= 4 is 11.0 Å². The van der Waals surface area contributed by atoms with E-state index >= 15 is 0 Å². The van der Waals surface area contributed by atoms with Crippen molar-refractivity contribution in [3.63, 3.8) is 0 Å². The highest BCUT2D eigenvalue weighted by Gasteiger charge is 2.17. The first-order valence-corrected chi connectivity index (χ1v) is 7.82. The number of aryl methyl sites for hydroxylation is 1. The summed E-state index contributed by atoms with van der Waals surface area (Å²) in [5.74, 6) is 2.68. The lowest BCUT2D eigenvalue weighted by Crippen LogP contribution is -2.15. The van der Waals surface area contributed by atoms with Crippen molar-refractivity contribution in [2.75, 3.05) is 19.8 Å². The van der Waals surface area contributed by atoms with Crippen molar-refractivity contribution in [3.8, 4) is 11.5 Å². The number of nitrogens with two attached hydrogens (primary N) is 1. The highest BCUT2D eigenvalue weighted by Crippen LogP contribution is 2.35. The molecule has 0 saturated heterocycles. The summed E-state index contributed by atoms with van der Waals surface area (Å²) in [4.78, 5) is 4.74. The minimum Gasteiger partial charge on any atom is -0.486 e. The Bertz CT molecular complexity index is 621. The van der Waals surface area contributed by atoms with Gasteiger partial charge in [0.05, 0.1) is 11.0 Å². The summed E-state index contributed by atoms with van der Waals surface area (Å²) in [5.41, 5.74) is 7.82. The predicted molar refractivity (Wildman–Crippen MR) is 83.0 cm³/mol. The average Bonchev–Trinajstić information content (AvgIpc) is 2.83. The number of unbranched alkanes of at least 4 members (excludes halogenated alkanes) is 2. The predicted octanol–water partition coefficient (Wildman–Crippen LogP) is 2.50. The largest absolute Gasteiger partial charge is 0.486 e. The molecule has 0 unspecified atom stereocenters. The van der Waals surface area contributed by atoms with Crippen molar-refractivity contribution in [1.29, 1.82) is 0 Å². The van der Waals surface area contributed by atoms with E-state index in [0.717, 1.165) is 47.7 Å². The zero-order chi connectivity index (χ0) is 14.7. The van der Waals surface area contributed by atoms with Crippen molar-refractivity contribution in [3.05, 3.63) is 18.0 Å². The topological polar surface area (TPSA) is 62.3 Å². The van der Waals surface area contributed by atoms with Gasteiger partial charge in [-0.1, -0.05) is 19.8 Å². The number of aromatic nitrogens is 2. The van der Waals surface area contributed by atoms with E-state index in [9.17, 15) is 0 Å². The molecule has 1 aromatic heterocycles. The molecular formula is C16H23N3O2. The van der Waals surface area contributed by atoms with E-state index in [1.165, 1.54) is 12.8 Å². The number of hydrogen-bond acceptors (Lipinski definition) is 4. The number of rotatable bonds is 6. The van der Waals surface area contributed by atoms with Crippen LogP contribution in [0.2, 0.25) is 0 Å². The Hall–Kier alpha value is -1.75. The average molecular weight is 289 g/mol. The number of imidazole rings is 1. The molecule has 114 valence electrons. The van der Waals surface area contributed by atoms with Gasteiger partial charge in [-0.3, -0.25) is 0 Å². The zero-order valence-corrected chi connectivity index (χ0v) is 12.6. The van der Waals surface area contributed by atoms with Crippen LogP contribution in [0.4, 0.5) is 0 Å². The number of benzene rings is 1. The fourth-order valence-corrected chi connectivity index (χ4v) is 2.80. The highest BCUT2D eigenvalue weighted by molar-refractivity contribution is 5.80. The Morgan fingerprint density at radius 1 is 1.19 bits per heavy atom. The Morgan fingerprint density at radius 2 is 1.95 bits per heavy atom. The van der Waals surface area contributed by atoms with Crippen LogP contribution in [0.5, 0.6) is 11.5 Å². The van der Waals surface area contributed by atoms with Crippen LogP contribution in [0.15, 0.2) is 12.1 Å². The van der Waals surface area contributed by atoms with E-state index in [2.05, 4.69) is 17.6 Å². The van der Waals surface area contributed by atoms with Gasteiger partial charge in [0.2, 0.25) is 0 Å². The molecule has 0 atom stereocenters. The molecule has 3 rings (SSSR count). The van der Waals surface area contributed by atoms with Crippen LogP contribution in [0, 0.1) is 0 Å². The van der Waals surface area contributed by atoms with Gasteiger partial charge in [0.15, 0.2) is 11.5 Å². The summed E-state index contributed by atoms with van der Waals surface area (Å²) < 4.78 is 13.6. The van der Waals surface area contributed by atoms with Gasteiger partial charge in [-0.05, 0) is 13.0 Å². The SMILES string of the molecule is CCCCCn1c(CCN)nc2cc3c(cc21)OCCO3. The fraction of sp³-hybridized carbons (Fsp3) is 0.562. The molecule has 1 aliphatic heterocycles. The van der Waals surface area contributed by atoms with Crippen molar-refractivity contribution in [2.45, 2.75) is 39.2 Å². The second-order valence-electron chi connectivity index (χ2n) is 5.41. The molecule has 0 spiro atoms. The lowest BCUT2D eigenvalue weighted by Gasteiger charge is -2.18. The third-order valence-electron chi connectivity index (χ3n) is 3.84. The second kappa shape index (κ2) is 6.35. The van der Waals surface area contributed by atoms with E-state index in [4.69, 9.17) is 20.2 Å². The molecule has 5 heteroatoms. The summed E-state index contributed by atoms with van der Waals surface area (Å²) in [7, 11) is 0. The lowest BCUT2D eigenvalue weighted by atomic mass is 10.2. The van der Waals surface area contributed by atoms with Crippen molar-refractivity contribution < 1.29 is 9.47 Å². The van der Waals surface area contributed by atoms with Gasteiger partial charge in [0.25, 0.3) is 0 Å². The van der Waals surface area contributed by atoms with Crippen LogP contribution in [0.1, 0.15) is 32.0 Å². The molecule has 2 N–H and O–H groups in total. The van der Waals surface area contributed by atoms with Crippen molar-refractivity contribution in [1.82, 2.24) is 9.55 Å². The van der Waals surface area contributed by atoms with Crippen LogP contribution in [0.25, 0.3) is 11.0 Å². The standard InChI is InChI=1S/C16H23N3O2/c1-2-3-4-7-19-13-11-15-14(20-8-9-21-15)10-12(13)18-16(19)5-6-17/h10-11H,2-9,17H2,1H3. The molecule has 0 bridgehead atoms. The number of nitrogens with zero attached hydrogens (tertiary/aromatic N) is 2. The number of ether oxygens (including phenoxy) is 2. The third kappa shape index (κ3) is 2.83. The van der Waals surface area contributed by atoms with Crippen LogP contribution in [0.3, 0.4) is 0 Å². The monoisotopic (exact) mass is 289 g/mol. The van der Waals surface area contributed by atoms with E-state index in [-0.39, 0.29) is 0 Å². The van der Waals surface area contributed by atoms with E-state index < -0.39 is 0 Å². The Labute approximate surface area is 125 Å². The normalized spacial score (nSPS) is 13.8. The summed E-state index contributed by atoms with van der Waals surface area (Å²) in [6.45, 7) is 5.03. The van der Waals surface area contributed by atoms with Gasteiger partial charge < -0.3 is 19.8 Å². The first-order valence-electron chi connectivity index (χ1n) is 7.82. The smallest absolute Gasteiger partial charge is 0.163 e. The molecule has 0 saturated carbocycles. The molecule has 21 heavy (non-hydrogen) atoms. The maximum atomic E-state index is 5.73. The van der Waals surface area contributed by atoms with Crippen LogP contribution in [-0.2, 0) is 13.0 Å². The summed E-state index contributed by atoms with van der Waals surface area (Å²) in [6.07, 6.45) is 4.40. The molecule has 0 amide bonds. The molecule has 0 fully saturated rings. The molecule has 1 aliphatic rings. The first-order chi connectivity index (χ1) is 10.3. The van der Waals surface area contributed by atoms with Gasteiger partial charge in [-0.2, -0.15) is 0 Å². The quantitative estimate of drug-likeness (QED) is 0.830. The molecule has 1 aromatic carbocycles. The number of hydrogen-bond donors (Lipinski definition) is 1. The first kappa shape index (κ1) is 14.2. The van der Waals surface area contributed by atoms with Gasteiger partial charge in [-0.15, -0.1) is 0 Å². The Balaban J connectivity index is 2.01. The van der Waals surface area contributed by atoms with E-state index in [1.54, 1.807) is 0 Å². The van der Waals surface area contributed by atoms with Gasteiger partial charge >= 0.3 is 0 Å². The minimum atomic E-state index is 0.603. The van der Waals surface area contributed by atoms with Crippen LogP contribution < -0.4 is 15.2 Å². The third-order valence-corrected chi connectivity index (χ3v) is 3.84. The number of fused-ring (bicyclic) bond motifs is 2. The summed E-state index contributed by atoms with van der Waals surface area (Å²) >= 11 is 0. The Morgan fingerprint density at radius 3 is 2.67 bits per heavy atom. The fourth-order valence-electron chi connectivity index (χ4n) is 2.80. The lowest BCUT2D eigenvalue weighted by molar-refractivity contribution is 0.172. The molecule has 5 nitrogen and oxygen atoms in total. The second-order valence-corrected chi connectivity index (χ2v) is 5.41. The molecule has 0 radical (unpaired) electrons. The molecule has 2 heterocycles. The summed E-state index contributed by atoms with van der Waals surface area (Å²) in [5, 5.41) is 0. The summed E-state index contributed by atoms with van der Waals surface area (Å²) in [6, 6.07) is 4.04. The van der Waals surface area contributed by atoms with E-state index in [0.29, 0.717) is 19.8 Å². The van der Waals surface area contributed by atoms with Crippen LogP contribution in [-0.4, -0.2) is 29.3 Å². The van der Waals surface area contributed by atoms with Crippen LogP contribution >= 0.6 is 0 Å². The minimum absolute atomic E-state index is 0.603. The Kier molecular flexibility index (Phi) is 4.29. The maximum Gasteiger partial charge on any atom is 0.163 e. The zero-order valence-electron chi connectivity index (χ0n) is 12.6. The highest BCUT2D eigenvalue weighted by atomic mass is 16.6. The van der Waals surface area contributed by atoms with Gasteiger partial charge in [-0.25, -0.2) is 4.98 Å². The van der Waals surface area contributed by atoms with Gasteiger partial charge in [0.1, 0.15) is 19.0 Å². The van der Waals surface area contributed by atoms with Gasteiger partial charge in [0, 0.05) is 25.1 Å².